The number of nitrogens with one attached hydrogen (secondary N) is 1. The number of likely N-dealkylation sites (N-methyl/N-ethyl adjacent to an activating group) is 1. The van der Waals surface area contributed by atoms with E-state index in [1.165, 1.54) is 135 Å². The summed E-state index contributed by atoms with van der Waals surface area (Å²) in [7, 11) is 1.56. The number of quaternary nitrogens is 1. The molecular formula is C43H86N2O6P+. The maximum absolute atomic E-state index is 12.8. The summed E-state index contributed by atoms with van der Waals surface area (Å²) in [6, 6.07) is -0.856. The van der Waals surface area contributed by atoms with Crippen LogP contribution in [0.15, 0.2) is 24.3 Å². The van der Waals surface area contributed by atoms with Crippen LogP contribution in [-0.4, -0.2) is 73.4 Å². The van der Waals surface area contributed by atoms with Gasteiger partial charge in [0.25, 0.3) is 0 Å². The number of carbonyl (C=O) groups excluding carboxylic acids is 1. The zero-order valence-electron chi connectivity index (χ0n) is 34.8. The predicted octanol–water partition coefficient (Wildman–Crippen LogP) is 11.7. The van der Waals surface area contributed by atoms with E-state index in [2.05, 4.69) is 31.3 Å². The first-order valence-corrected chi connectivity index (χ1v) is 23.2. The number of carbonyl (C=O) groups is 1. The molecule has 0 aromatic rings. The second-order valence-electron chi connectivity index (χ2n) is 16.1. The summed E-state index contributed by atoms with van der Waals surface area (Å²) in [5, 5.41) is 13.8. The average molecular weight is 758 g/mol. The van der Waals surface area contributed by atoms with Crippen molar-refractivity contribution in [2.24, 2.45) is 0 Å². The van der Waals surface area contributed by atoms with Crippen LogP contribution in [0.5, 0.6) is 0 Å². The lowest BCUT2D eigenvalue weighted by Gasteiger charge is -2.25. The fourth-order valence-electron chi connectivity index (χ4n) is 6.17. The van der Waals surface area contributed by atoms with Crippen molar-refractivity contribution < 1.29 is 32.9 Å². The summed E-state index contributed by atoms with van der Waals surface area (Å²) >= 11 is 0. The summed E-state index contributed by atoms with van der Waals surface area (Å²) < 4.78 is 23.5. The van der Waals surface area contributed by atoms with E-state index in [1.54, 1.807) is 6.08 Å². The molecule has 1 amide bonds. The smallest absolute Gasteiger partial charge is 0.387 e. The number of unbranched alkanes of at least 4 members (excludes halogenated alkanes) is 24. The van der Waals surface area contributed by atoms with Crippen LogP contribution < -0.4 is 5.32 Å². The Morgan fingerprint density at radius 2 is 1.06 bits per heavy atom. The highest BCUT2D eigenvalue weighted by Crippen LogP contribution is 2.43. The highest BCUT2D eigenvalue weighted by atomic mass is 31.2. The molecule has 0 rings (SSSR count). The minimum absolute atomic E-state index is 0.0579. The molecule has 0 aromatic heterocycles. The third kappa shape index (κ3) is 37.3. The lowest BCUT2D eigenvalue weighted by molar-refractivity contribution is -0.870. The Labute approximate surface area is 322 Å². The van der Waals surface area contributed by atoms with E-state index in [1.807, 2.05) is 27.2 Å². The Kier molecular flexibility index (Phi) is 35.0. The van der Waals surface area contributed by atoms with Gasteiger partial charge in [-0.1, -0.05) is 179 Å². The van der Waals surface area contributed by atoms with Gasteiger partial charge in [-0.15, -0.1) is 0 Å². The largest absolute Gasteiger partial charge is 0.472 e. The molecule has 3 unspecified atom stereocenters. The number of hydrogen-bond donors (Lipinski definition) is 3. The fourth-order valence-corrected chi connectivity index (χ4v) is 6.91. The van der Waals surface area contributed by atoms with Gasteiger partial charge >= 0.3 is 7.82 Å². The molecule has 0 aromatic carbocycles. The van der Waals surface area contributed by atoms with Crippen molar-refractivity contribution in [1.29, 1.82) is 0 Å². The van der Waals surface area contributed by atoms with Gasteiger partial charge in [-0.05, 0) is 32.1 Å². The van der Waals surface area contributed by atoms with Crippen molar-refractivity contribution in [2.75, 3.05) is 40.9 Å². The Balaban J connectivity index is 4.38. The monoisotopic (exact) mass is 758 g/mol. The molecule has 8 nitrogen and oxygen atoms in total. The van der Waals surface area contributed by atoms with Gasteiger partial charge < -0.3 is 19.8 Å². The zero-order valence-corrected chi connectivity index (χ0v) is 35.7. The average Bonchev–Trinajstić information content (AvgIpc) is 3.09. The van der Waals surface area contributed by atoms with Gasteiger partial charge in [-0.2, -0.15) is 0 Å². The van der Waals surface area contributed by atoms with Crippen LogP contribution in [0, 0.1) is 0 Å². The summed E-state index contributed by atoms with van der Waals surface area (Å²) in [6.07, 6.45) is 41.2. The number of aliphatic hydroxyl groups is 1. The molecule has 3 N–H and O–H groups in total. The summed E-state index contributed by atoms with van der Waals surface area (Å²) in [5.74, 6) is -0.190. The SMILES string of the molecule is CCCCCCCCCCCCCCCCC/C=C/CC/C=C/C(O)C(COP(=O)(O)OCC[N+](C)(C)C)NC(=O)CCCCCCCCCCC. The van der Waals surface area contributed by atoms with Crippen LogP contribution in [-0.2, 0) is 18.4 Å². The van der Waals surface area contributed by atoms with E-state index >= 15 is 0 Å². The Hall–Kier alpha value is -1.02. The number of hydrogen-bond acceptors (Lipinski definition) is 5. The van der Waals surface area contributed by atoms with Crippen LogP contribution in [0.2, 0.25) is 0 Å². The van der Waals surface area contributed by atoms with Gasteiger partial charge in [0, 0.05) is 6.42 Å². The molecule has 3 atom stereocenters. The Morgan fingerprint density at radius 1 is 0.635 bits per heavy atom. The summed E-state index contributed by atoms with van der Waals surface area (Å²) in [4.78, 5) is 23.0. The van der Waals surface area contributed by atoms with E-state index in [9.17, 15) is 19.4 Å². The highest BCUT2D eigenvalue weighted by Gasteiger charge is 2.27. The number of allylic oxidation sites excluding steroid dienone is 3. The summed E-state index contributed by atoms with van der Waals surface area (Å²) in [6.45, 7) is 4.77. The van der Waals surface area contributed by atoms with Crippen molar-refractivity contribution in [3.8, 4) is 0 Å². The standard InChI is InChI=1S/C43H85N2O6P/c1-6-8-10-12-14-16-17-18-19-20-21-22-23-24-25-26-27-29-30-32-34-36-42(46)41(40-51-52(48,49)50-39-38-45(3,4)5)44-43(47)37-35-33-31-28-15-13-11-9-7-2/h27,29,34,36,41-42,46H,6-26,28,30-33,35,37-40H2,1-5H3,(H-,44,47,48,49)/p+1/b29-27+,36-34+. The molecule has 0 spiro atoms. The maximum atomic E-state index is 12.8. The number of nitrogens with zero attached hydrogens (tertiary/aromatic N) is 1. The first kappa shape index (κ1) is 51.0. The summed E-state index contributed by atoms with van der Waals surface area (Å²) in [5.41, 5.74) is 0. The predicted molar refractivity (Wildman–Crippen MR) is 221 cm³/mol. The van der Waals surface area contributed by atoms with E-state index in [0.29, 0.717) is 17.4 Å². The van der Waals surface area contributed by atoms with Crippen molar-refractivity contribution in [3.05, 3.63) is 24.3 Å². The minimum Gasteiger partial charge on any atom is -0.387 e. The molecule has 0 bridgehead atoms. The molecule has 0 aliphatic carbocycles. The molecule has 0 aliphatic heterocycles. The van der Waals surface area contributed by atoms with Gasteiger partial charge in [0.05, 0.1) is 39.9 Å². The van der Waals surface area contributed by atoms with Crippen molar-refractivity contribution in [2.45, 2.75) is 206 Å². The van der Waals surface area contributed by atoms with Crippen LogP contribution in [0.4, 0.5) is 0 Å². The molecule has 0 saturated carbocycles. The first-order chi connectivity index (χ1) is 25.0. The third-order valence-corrected chi connectivity index (χ3v) is 10.7. The van der Waals surface area contributed by atoms with Crippen LogP contribution in [0.25, 0.3) is 0 Å². The molecule has 52 heavy (non-hydrogen) atoms. The molecule has 9 heteroatoms. The molecular weight excluding hydrogens is 671 g/mol. The molecule has 0 radical (unpaired) electrons. The minimum atomic E-state index is -4.33. The van der Waals surface area contributed by atoms with E-state index in [0.717, 1.165) is 38.5 Å². The van der Waals surface area contributed by atoms with Gasteiger partial charge in [0.15, 0.2) is 0 Å². The Bertz CT molecular complexity index is 907. The van der Waals surface area contributed by atoms with Crippen molar-refractivity contribution in [3.63, 3.8) is 0 Å². The lowest BCUT2D eigenvalue weighted by Crippen LogP contribution is -2.45. The topological polar surface area (TPSA) is 105 Å². The Morgan fingerprint density at radius 3 is 1.54 bits per heavy atom. The molecule has 0 fully saturated rings. The fraction of sp³-hybridized carbons (Fsp3) is 0.884. The first-order valence-electron chi connectivity index (χ1n) is 21.7. The van der Waals surface area contributed by atoms with Crippen LogP contribution in [0.1, 0.15) is 194 Å². The second-order valence-corrected chi connectivity index (χ2v) is 17.5. The number of rotatable bonds is 39. The molecule has 0 heterocycles. The normalized spacial score (nSPS) is 14.7. The molecule has 308 valence electrons. The quantitative estimate of drug-likeness (QED) is 0.0250. The van der Waals surface area contributed by atoms with Crippen molar-refractivity contribution >= 4 is 13.7 Å². The molecule has 0 aliphatic rings. The van der Waals surface area contributed by atoms with E-state index in [4.69, 9.17) is 9.05 Å². The third-order valence-electron chi connectivity index (χ3n) is 9.67. The van der Waals surface area contributed by atoms with Crippen molar-refractivity contribution in [1.82, 2.24) is 5.32 Å². The highest BCUT2D eigenvalue weighted by molar-refractivity contribution is 7.47. The second kappa shape index (κ2) is 35.7. The number of amides is 1. The zero-order chi connectivity index (χ0) is 38.6. The van der Waals surface area contributed by atoms with Gasteiger partial charge in [-0.25, -0.2) is 4.57 Å². The number of phosphoric acid groups is 1. The van der Waals surface area contributed by atoms with Gasteiger partial charge in [0.1, 0.15) is 13.2 Å². The van der Waals surface area contributed by atoms with Gasteiger partial charge in [0.2, 0.25) is 5.91 Å². The number of phosphoric ester groups is 1. The van der Waals surface area contributed by atoms with E-state index < -0.39 is 20.0 Å². The van der Waals surface area contributed by atoms with Crippen LogP contribution in [0.3, 0.4) is 0 Å². The van der Waals surface area contributed by atoms with Crippen LogP contribution >= 0.6 is 7.82 Å². The molecule has 0 saturated heterocycles. The maximum Gasteiger partial charge on any atom is 0.472 e. The van der Waals surface area contributed by atoms with Gasteiger partial charge in [-0.3, -0.25) is 13.8 Å². The van der Waals surface area contributed by atoms with E-state index in [-0.39, 0.29) is 19.1 Å². The lowest BCUT2D eigenvalue weighted by atomic mass is 10.0. The number of aliphatic hydroxyl groups excluding tert-OH is 1.